The highest BCUT2D eigenvalue weighted by molar-refractivity contribution is 7.09. The van der Waals surface area contributed by atoms with Crippen LogP contribution in [0.1, 0.15) is 48.7 Å². The summed E-state index contributed by atoms with van der Waals surface area (Å²) < 4.78 is 4.57. The Labute approximate surface area is 146 Å². The molecule has 2 aromatic heterocycles. The quantitative estimate of drug-likeness (QED) is 0.850. The number of hydrogen-bond acceptors (Lipinski definition) is 7. The summed E-state index contributed by atoms with van der Waals surface area (Å²) >= 11 is 1.54. The van der Waals surface area contributed by atoms with Crippen molar-refractivity contribution in [2.24, 2.45) is 0 Å². The fourth-order valence-electron chi connectivity index (χ4n) is 3.72. The van der Waals surface area contributed by atoms with E-state index < -0.39 is 0 Å². The van der Waals surface area contributed by atoms with Gasteiger partial charge in [-0.15, -0.1) is 5.10 Å². The van der Waals surface area contributed by atoms with Gasteiger partial charge in [-0.3, -0.25) is 0 Å². The van der Waals surface area contributed by atoms with Crippen molar-refractivity contribution in [2.45, 2.75) is 50.5 Å². The van der Waals surface area contributed by atoms with E-state index in [2.05, 4.69) is 37.5 Å². The van der Waals surface area contributed by atoms with Crippen molar-refractivity contribution >= 4 is 22.5 Å². The van der Waals surface area contributed by atoms with E-state index >= 15 is 0 Å². The van der Waals surface area contributed by atoms with Crippen molar-refractivity contribution in [1.29, 1.82) is 0 Å². The molecule has 0 bridgehead atoms. The van der Waals surface area contributed by atoms with Crippen LogP contribution < -0.4 is 9.80 Å². The molecule has 3 aliphatic rings. The number of fused-ring (bicyclic) bond motifs is 1. The van der Waals surface area contributed by atoms with E-state index in [0.717, 1.165) is 42.7 Å². The number of likely N-dealkylation sites (N-methyl/N-ethyl adjacent to an activating group) is 1. The monoisotopic (exact) mass is 342 g/mol. The molecule has 6 nitrogen and oxygen atoms in total. The van der Waals surface area contributed by atoms with Crippen molar-refractivity contribution in [3.8, 4) is 0 Å². The van der Waals surface area contributed by atoms with Crippen LogP contribution in [0.3, 0.4) is 0 Å². The molecule has 3 heterocycles. The van der Waals surface area contributed by atoms with Crippen molar-refractivity contribution in [3.05, 3.63) is 23.1 Å². The van der Waals surface area contributed by atoms with E-state index in [1.807, 2.05) is 0 Å². The molecule has 0 aromatic carbocycles. The van der Waals surface area contributed by atoms with E-state index in [4.69, 9.17) is 4.98 Å². The van der Waals surface area contributed by atoms with Gasteiger partial charge in [0.25, 0.3) is 0 Å². The Balaban J connectivity index is 1.23. The Morgan fingerprint density at radius 3 is 2.83 bits per heavy atom. The standard InChI is InChI=1S/C17H22N6S/c1-22(17-18-16(21-24-17)11-4-2-5-11)13-9-23(10-13)15-8-12-6-3-7-14(12)19-20-15/h8,11,13H,2-7,9-10H2,1H3. The number of anilines is 2. The van der Waals surface area contributed by atoms with E-state index in [9.17, 15) is 0 Å². The molecule has 1 saturated heterocycles. The number of hydrogen-bond donors (Lipinski definition) is 0. The molecule has 0 radical (unpaired) electrons. The lowest BCUT2D eigenvalue weighted by Crippen LogP contribution is -2.59. The maximum Gasteiger partial charge on any atom is 0.205 e. The third-order valence-corrected chi connectivity index (χ3v) is 6.56. The topological polar surface area (TPSA) is 58.0 Å². The van der Waals surface area contributed by atoms with Crippen molar-refractivity contribution in [1.82, 2.24) is 19.6 Å². The third kappa shape index (κ3) is 2.37. The normalized spacial score (nSPS) is 20.6. The smallest absolute Gasteiger partial charge is 0.205 e. The second-order valence-corrected chi connectivity index (χ2v) is 7.99. The molecule has 0 atom stereocenters. The summed E-state index contributed by atoms with van der Waals surface area (Å²) in [5.41, 5.74) is 2.59. The van der Waals surface area contributed by atoms with Crippen LogP contribution in [-0.4, -0.2) is 45.7 Å². The van der Waals surface area contributed by atoms with Crippen LogP contribution in [0.15, 0.2) is 6.07 Å². The zero-order valence-corrected chi connectivity index (χ0v) is 14.8. The zero-order chi connectivity index (χ0) is 16.1. The summed E-state index contributed by atoms with van der Waals surface area (Å²) in [5, 5.41) is 9.88. The van der Waals surface area contributed by atoms with E-state index in [0.29, 0.717) is 12.0 Å². The summed E-state index contributed by atoms with van der Waals surface area (Å²) in [5.74, 6) is 2.71. The van der Waals surface area contributed by atoms with Gasteiger partial charge >= 0.3 is 0 Å². The minimum Gasteiger partial charge on any atom is -0.351 e. The molecule has 1 saturated carbocycles. The molecular weight excluding hydrogens is 320 g/mol. The zero-order valence-electron chi connectivity index (χ0n) is 14.0. The van der Waals surface area contributed by atoms with Gasteiger partial charge in [0.1, 0.15) is 5.82 Å². The second-order valence-electron chi connectivity index (χ2n) is 7.26. The molecule has 2 fully saturated rings. The first-order valence-corrected chi connectivity index (χ1v) is 9.72. The molecule has 2 aromatic rings. The first kappa shape index (κ1) is 14.6. The van der Waals surface area contributed by atoms with Gasteiger partial charge < -0.3 is 9.80 Å². The van der Waals surface area contributed by atoms with Crippen LogP contribution in [0.2, 0.25) is 0 Å². The molecule has 24 heavy (non-hydrogen) atoms. The average Bonchev–Trinajstić information content (AvgIpc) is 3.12. The van der Waals surface area contributed by atoms with Crippen LogP contribution in [-0.2, 0) is 12.8 Å². The Bertz CT molecular complexity index is 749. The van der Waals surface area contributed by atoms with Crippen molar-refractivity contribution in [3.63, 3.8) is 0 Å². The lowest BCUT2D eigenvalue weighted by molar-refractivity contribution is 0.404. The SMILES string of the molecule is CN(c1nc(C2CCC2)ns1)C1CN(c2cc3c(nn2)CCC3)C1. The largest absolute Gasteiger partial charge is 0.351 e. The summed E-state index contributed by atoms with van der Waals surface area (Å²) in [6.07, 6.45) is 7.31. The second kappa shape index (κ2) is 5.65. The van der Waals surface area contributed by atoms with Gasteiger partial charge in [-0.25, -0.2) is 4.98 Å². The molecule has 126 valence electrons. The highest BCUT2D eigenvalue weighted by Gasteiger charge is 2.34. The van der Waals surface area contributed by atoms with Crippen molar-refractivity contribution in [2.75, 3.05) is 29.9 Å². The van der Waals surface area contributed by atoms with Gasteiger partial charge in [0.15, 0.2) is 5.82 Å². The number of nitrogens with zero attached hydrogens (tertiary/aromatic N) is 6. The Hall–Kier alpha value is -1.76. The Morgan fingerprint density at radius 1 is 1.17 bits per heavy atom. The van der Waals surface area contributed by atoms with Gasteiger partial charge in [0.05, 0.1) is 11.7 Å². The van der Waals surface area contributed by atoms with Gasteiger partial charge in [-0.1, -0.05) is 6.42 Å². The lowest BCUT2D eigenvalue weighted by Gasteiger charge is -2.44. The molecule has 2 aliphatic carbocycles. The van der Waals surface area contributed by atoms with E-state index in [1.54, 1.807) is 11.5 Å². The van der Waals surface area contributed by atoms with Gasteiger partial charge in [0.2, 0.25) is 5.13 Å². The molecule has 7 heteroatoms. The maximum absolute atomic E-state index is 4.77. The molecule has 0 unspecified atom stereocenters. The van der Waals surface area contributed by atoms with Crippen LogP contribution in [0.4, 0.5) is 10.9 Å². The van der Waals surface area contributed by atoms with Gasteiger partial charge in [-0.2, -0.15) is 9.47 Å². The van der Waals surface area contributed by atoms with E-state index in [-0.39, 0.29) is 0 Å². The van der Waals surface area contributed by atoms with Crippen LogP contribution in [0.25, 0.3) is 0 Å². The summed E-state index contributed by atoms with van der Waals surface area (Å²) in [6, 6.07) is 2.73. The first-order chi connectivity index (χ1) is 11.8. The molecule has 5 rings (SSSR count). The van der Waals surface area contributed by atoms with Gasteiger partial charge in [-0.05, 0) is 43.7 Å². The fraction of sp³-hybridized carbons (Fsp3) is 0.647. The van der Waals surface area contributed by atoms with Crippen LogP contribution in [0, 0.1) is 0 Å². The van der Waals surface area contributed by atoms with E-state index in [1.165, 1.54) is 36.9 Å². The molecule has 0 amide bonds. The minimum atomic E-state index is 0.488. The highest BCUT2D eigenvalue weighted by atomic mass is 32.1. The fourth-order valence-corrected chi connectivity index (χ4v) is 4.49. The summed E-state index contributed by atoms with van der Waals surface area (Å²) in [6.45, 7) is 1.98. The van der Waals surface area contributed by atoms with Crippen LogP contribution in [0.5, 0.6) is 0 Å². The third-order valence-electron chi connectivity index (χ3n) is 5.74. The molecule has 0 spiro atoms. The summed E-state index contributed by atoms with van der Waals surface area (Å²) in [4.78, 5) is 9.38. The minimum absolute atomic E-state index is 0.488. The van der Waals surface area contributed by atoms with Crippen molar-refractivity contribution < 1.29 is 0 Å². The average molecular weight is 342 g/mol. The Morgan fingerprint density at radius 2 is 2.04 bits per heavy atom. The Kier molecular flexibility index (Phi) is 3.43. The lowest BCUT2D eigenvalue weighted by atomic mass is 9.85. The predicted molar refractivity (Wildman–Crippen MR) is 95.0 cm³/mol. The molecule has 0 N–H and O–H groups in total. The van der Waals surface area contributed by atoms with Gasteiger partial charge in [0, 0.05) is 37.6 Å². The molecular formula is C17H22N6S. The maximum atomic E-state index is 4.77. The number of rotatable bonds is 4. The van der Waals surface area contributed by atoms with Crippen LogP contribution >= 0.6 is 11.5 Å². The number of aromatic nitrogens is 4. The predicted octanol–water partition coefficient (Wildman–Crippen LogP) is 2.41. The summed E-state index contributed by atoms with van der Waals surface area (Å²) in [7, 11) is 2.14. The number of aryl methyl sites for hydroxylation is 2. The first-order valence-electron chi connectivity index (χ1n) is 8.95. The molecule has 1 aliphatic heterocycles. The highest BCUT2D eigenvalue weighted by Crippen LogP contribution is 2.37.